The molecule has 0 fully saturated rings. The number of ether oxygens (including phenoxy) is 1. The molecule has 6 heteroatoms. The highest BCUT2D eigenvalue weighted by atomic mass is 19.4. The normalized spacial score (nSPS) is 10.9. The van der Waals surface area contributed by atoms with Gasteiger partial charge in [-0.25, -0.2) is 0 Å². The van der Waals surface area contributed by atoms with E-state index in [2.05, 4.69) is 10.1 Å². The van der Waals surface area contributed by atoms with Gasteiger partial charge in [0.15, 0.2) is 0 Å². The van der Waals surface area contributed by atoms with Crippen LogP contribution < -0.4 is 10.1 Å². The third kappa shape index (κ3) is 4.35. The average molecular weight is 218 g/mol. The SMILES string of the molecule is CC(=N)Nc1ccc(OC(F)(F)F)cc1. The van der Waals surface area contributed by atoms with E-state index in [1.807, 2.05) is 0 Å². The number of anilines is 1. The van der Waals surface area contributed by atoms with Gasteiger partial charge in [-0.3, -0.25) is 5.41 Å². The van der Waals surface area contributed by atoms with Gasteiger partial charge in [-0.1, -0.05) is 0 Å². The molecule has 0 saturated carbocycles. The lowest BCUT2D eigenvalue weighted by atomic mass is 10.3. The Morgan fingerprint density at radius 2 is 1.80 bits per heavy atom. The van der Waals surface area contributed by atoms with Gasteiger partial charge in [0.05, 0.1) is 5.84 Å². The maximum Gasteiger partial charge on any atom is 0.573 e. The van der Waals surface area contributed by atoms with Crippen molar-refractivity contribution in [3.8, 4) is 5.75 Å². The molecule has 0 unspecified atom stereocenters. The first-order valence-corrected chi connectivity index (χ1v) is 4.05. The third-order valence-electron chi connectivity index (χ3n) is 1.42. The molecule has 1 rings (SSSR count). The van der Waals surface area contributed by atoms with Crippen LogP contribution in [0.5, 0.6) is 5.75 Å². The fourth-order valence-corrected chi connectivity index (χ4v) is 0.956. The lowest BCUT2D eigenvalue weighted by Crippen LogP contribution is -2.17. The fourth-order valence-electron chi connectivity index (χ4n) is 0.956. The van der Waals surface area contributed by atoms with E-state index in [4.69, 9.17) is 5.41 Å². The Hall–Kier alpha value is -1.72. The summed E-state index contributed by atoms with van der Waals surface area (Å²) in [5.74, 6) is -0.0739. The van der Waals surface area contributed by atoms with Gasteiger partial charge in [0.25, 0.3) is 0 Å². The van der Waals surface area contributed by atoms with Crippen molar-refractivity contribution in [1.82, 2.24) is 0 Å². The van der Waals surface area contributed by atoms with Crippen molar-refractivity contribution >= 4 is 11.5 Å². The molecule has 15 heavy (non-hydrogen) atoms. The summed E-state index contributed by atoms with van der Waals surface area (Å²) in [6.07, 6.45) is -4.67. The largest absolute Gasteiger partial charge is 0.573 e. The molecule has 0 aliphatic heterocycles. The van der Waals surface area contributed by atoms with Crippen molar-refractivity contribution in [2.45, 2.75) is 13.3 Å². The zero-order valence-corrected chi connectivity index (χ0v) is 7.85. The highest BCUT2D eigenvalue weighted by Crippen LogP contribution is 2.23. The Morgan fingerprint density at radius 1 is 1.27 bits per heavy atom. The molecule has 0 aliphatic carbocycles. The van der Waals surface area contributed by atoms with E-state index in [9.17, 15) is 13.2 Å². The smallest absolute Gasteiger partial charge is 0.406 e. The minimum Gasteiger partial charge on any atom is -0.406 e. The van der Waals surface area contributed by atoms with Crippen molar-refractivity contribution in [1.29, 1.82) is 5.41 Å². The summed E-state index contributed by atoms with van der Waals surface area (Å²) in [5, 5.41) is 9.75. The molecule has 0 spiro atoms. The monoisotopic (exact) mass is 218 g/mol. The molecule has 0 heterocycles. The number of amidine groups is 1. The second-order valence-electron chi connectivity index (χ2n) is 2.82. The predicted octanol–water partition coefficient (Wildman–Crippen LogP) is 2.99. The van der Waals surface area contributed by atoms with Crippen LogP contribution in [0.4, 0.5) is 18.9 Å². The Morgan fingerprint density at radius 3 is 2.20 bits per heavy atom. The summed E-state index contributed by atoms with van der Waals surface area (Å²) >= 11 is 0. The maximum absolute atomic E-state index is 11.8. The number of alkyl halides is 3. The van der Waals surface area contributed by atoms with E-state index >= 15 is 0 Å². The predicted molar refractivity (Wildman–Crippen MR) is 50.1 cm³/mol. The summed E-state index contributed by atoms with van der Waals surface area (Å²) in [5.41, 5.74) is 0.539. The molecule has 2 N–H and O–H groups in total. The van der Waals surface area contributed by atoms with Crippen LogP contribution in [0.25, 0.3) is 0 Å². The molecule has 0 amide bonds. The molecule has 1 aromatic rings. The quantitative estimate of drug-likeness (QED) is 0.592. The number of hydrogen-bond donors (Lipinski definition) is 2. The van der Waals surface area contributed by atoms with Gasteiger partial charge in [0.2, 0.25) is 0 Å². The molecular weight excluding hydrogens is 209 g/mol. The zero-order chi connectivity index (χ0) is 11.5. The van der Waals surface area contributed by atoms with Crippen LogP contribution in [-0.4, -0.2) is 12.2 Å². The highest BCUT2D eigenvalue weighted by Gasteiger charge is 2.30. The topological polar surface area (TPSA) is 45.1 Å². The molecule has 0 saturated heterocycles. The number of nitrogens with one attached hydrogen (secondary N) is 2. The van der Waals surface area contributed by atoms with Crippen molar-refractivity contribution in [3.63, 3.8) is 0 Å². The van der Waals surface area contributed by atoms with Crippen LogP contribution in [0.15, 0.2) is 24.3 Å². The Bertz CT molecular complexity index is 345. The van der Waals surface area contributed by atoms with Gasteiger partial charge in [-0.2, -0.15) is 0 Å². The van der Waals surface area contributed by atoms with E-state index in [1.54, 1.807) is 0 Å². The van der Waals surface area contributed by atoms with E-state index in [0.29, 0.717) is 5.69 Å². The van der Waals surface area contributed by atoms with Crippen molar-refractivity contribution in [3.05, 3.63) is 24.3 Å². The molecule has 0 radical (unpaired) electrons. The molecule has 1 aromatic carbocycles. The van der Waals surface area contributed by atoms with Gasteiger partial charge in [0.1, 0.15) is 5.75 Å². The van der Waals surface area contributed by atoms with Gasteiger partial charge in [-0.05, 0) is 31.2 Å². The van der Waals surface area contributed by atoms with E-state index < -0.39 is 6.36 Å². The lowest BCUT2D eigenvalue weighted by molar-refractivity contribution is -0.274. The molecule has 0 aromatic heterocycles. The first-order valence-electron chi connectivity index (χ1n) is 4.05. The van der Waals surface area contributed by atoms with Crippen LogP contribution in [0.2, 0.25) is 0 Å². The van der Waals surface area contributed by atoms with Gasteiger partial charge in [0, 0.05) is 5.69 Å². The van der Waals surface area contributed by atoms with Crippen LogP contribution in [0.1, 0.15) is 6.92 Å². The molecule has 82 valence electrons. The Labute approximate surface area is 84.4 Å². The second-order valence-corrected chi connectivity index (χ2v) is 2.82. The summed E-state index contributed by atoms with van der Waals surface area (Å²) in [7, 11) is 0. The molecule has 3 nitrogen and oxygen atoms in total. The number of rotatable bonds is 2. The molecule has 0 aliphatic rings. The van der Waals surface area contributed by atoms with Crippen LogP contribution >= 0.6 is 0 Å². The van der Waals surface area contributed by atoms with Gasteiger partial charge >= 0.3 is 6.36 Å². The van der Waals surface area contributed by atoms with E-state index in [0.717, 1.165) is 0 Å². The average Bonchev–Trinajstić information content (AvgIpc) is 2.05. The van der Waals surface area contributed by atoms with E-state index in [1.165, 1.54) is 31.2 Å². The molecule has 0 bridgehead atoms. The second kappa shape index (κ2) is 4.20. The van der Waals surface area contributed by atoms with E-state index in [-0.39, 0.29) is 11.6 Å². The Balaban J connectivity index is 2.68. The van der Waals surface area contributed by atoms with Crippen molar-refractivity contribution < 1.29 is 17.9 Å². The summed E-state index contributed by atoms with van der Waals surface area (Å²) in [6.45, 7) is 1.53. The highest BCUT2D eigenvalue weighted by molar-refractivity contribution is 5.90. The van der Waals surface area contributed by atoms with Gasteiger partial charge < -0.3 is 10.1 Å². The maximum atomic E-state index is 11.8. The first-order chi connectivity index (χ1) is 6.87. The minimum absolute atomic E-state index is 0.208. The lowest BCUT2D eigenvalue weighted by Gasteiger charge is -2.09. The first kappa shape index (κ1) is 11.4. The number of halogens is 3. The molecule has 0 atom stereocenters. The molecular formula is C9H9F3N2O. The number of benzene rings is 1. The fraction of sp³-hybridized carbons (Fsp3) is 0.222. The Kier molecular flexibility index (Phi) is 3.18. The summed E-state index contributed by atoms with van der Waals surface area (Å²) in [6, 6.07) is 5.16. The van der Waals surface area contributed by atoms with Crippen molar-refractivity contribution in [2.75, 3.05) is 5.32 Å². The summed E-state index contributed by atoms with van der Waals surface area (Å²) in [4.78, 5) is 0. The summed E-state index contributed by atoms with van der Waals surface area (Å²) < 4.78 is 39.0. The van der Waals surface area contributed by atoms with Crippen LogP contribution in [0, 0.1) is 5.41 Å². The zero-order valence-electron chi connectivity index (χ0n) is 7.85. The third-order valence-corrected chi connectivity index (χ3v) is 1.42. The minimum atomic E-state index is -4.67. The van der Waals surface area contributed by atoms with Crippen LogP contribution in [-0.2, 0) is 0 Å². The van der Waals surface area contributed by atoms with Crippen LogP contribution in [0.3, 0.4) is 0 Å². The van der Waals surface area contributed by atoms with Gasteiger partial charge in [-0.15, -0.1) is 13.2 Å². The van der Waals surface area contributed by atoms with Crippen molar-refractivity contribution in [2.24, 2.45) is 0 Å². The number of hydrogen-bond acceptors (Lipinski definition) is 2. The standard InChI is InChI=1S/C9H9F3N2O/c1-6(13)14-7-2-4-8(5-3-7)15-9(10,11)12/h2-5H,1H3,(H2,13,14).